The lowest BCUT2D eigenvalue weighted by Crippen LogP contribution is -2.40. The average Bonchev–Trinajstić information content (AvgIpc) is 3.19. The van der Waals surface area contributed by atoms with Crippen molar-refractivity contribution in [1.29, 1.82) is 0 Å². The highest BCUT2D eigenvalue weighted by Crippen LogP contribution is 2.28. The summed E-state index contributed by atoms with van der Waals surface area (Å²) in [6, 6.07) is 2.00. The van der Waals surface area contributed by atoms with Crippen molar-refractivity contribution in [3.63, 3.8) is 0 Å². The molecule has 1 N–H and O–H groups in total. The molecule has 1 atom stereocenters. The van der Waals surface area contributed by atoms with Gasteiger partial charge < -0.3 is 14.6 Å². The first-order chi connectivity index (χ1) is 12.7. The van der Waals surface area contributed by atoms with Crippen LogP contribution >= 0.6 is 0 Å². The highest BCUT2D eigenvalue weighted by Gasteiger charge is 2.28. The van der Waals surface area contributed by atoms with Gasteiger partial charge in [0.1, 0.15) is 11.4 Å². The number of rotatable bonds is 5. The molecule has 0 saturated carbocycles. The third-order valence-corrected chi connectivity index (χ3v) is 4.67. The summed E-state index contributed by atoms with van der Waals surface area (Å²) in [7, 11) is 0. The van der Waals surface area contributed by atoms with E-state index in [9.17, 15) is 4.79 Å². The molecule has 7 heteroatoms. The van der Waals surface area contributed by atoms with Gasteiger partial charge in [-0.05, 0) is 39.7 Å². The number of aromatic amines is 1. The number of hydrogen-bond acceptors (Lipinski definition) is 4. The largest absolute Gasteiger partial charge is 0.444 e. The summed E-state index contributed by atoms with van der Waals surface area (Å²) in [5.74, 6) is 1.31. The van der Waals surface area contributed by atoms with E-state index in [1.165, 1.54) is 0 Å². The van der Waals surface area contributed by atoms with E-state index in [-0.39, 0.29) is 12.0 Å². The number of H-pyrrole nitrogens is 1. The normalized spacial score (nSPS) is 13.4. The lowest BCUT2D eigenvalue weighted by Gasteiger charge is -2.30. The molecule has 0 aliphatic rings. The van der Waals surface area contributed by atoms with Gasteiger partial charge in [-0.3, -0.25) is 4.40 Å². The molecule has 0 spiro atoms. The van der Waals surface area contributed by atoms with Crippen LogP contribution in [-0.2, 0) is 4.74 Å². The number of ether oxygens (including phenoxy) is 1. The van der Waals surface area contributed by atoms with Crippen LogP contribution in [0.3, 0.4) is 0 Å². The summed E-state index contributed by atoms with van der Waals surface area (Å²) < 4.78 is 7.71. The van der Waals surface area contributed by atoms with Crippen molar-refractivity contribution in [1.82, 2.24) is 24.3 Å². The van der Waals surface area contributed by atoms with Gasteiger partial charge in [-0.15, -0.1) is 0 Å². The number of carbonyl (C=O) groups is 1. The second kappa shape index (κ2) is 7.21. The molecule has 0 aliphatic heterocycles. The third-order valence-electron chi connectivity index (χ3n) is 4.67. The molecule has 0 aromatic carbocycles. The van der Waals surface area contributed by atoms with Crippen molar-refractivity contribution in [2.75, 3.05) is 13.1 Å². The molecule has 0 radical (unpaired) electrons. The van der Waals surface area contributed by atoms with Crippen molar-refractivity contribution in [2.24, 2.45) is 5.92 Å². The molecule has 0 fully saturated rings. The predicted molar refractivity (Wildman–Crippen MR) is 106 cm³/mol. The van der Waals surface area contributed by atoms with E-state index >= 15 is 0 Å². The minimum Gasteiger partial charge on any atom is -0.444 e. The Balaban J connectivity index is 1.97. The number of carbonyl (C=O) groups excluding carboxylic acids is 1. The molecule has 3 rings (SSSR count). The molecular weight excluding hydrogens is 342 g/mol. The van der Waals surface area contributed by atoms with Crippen LogP contribution < -0.4 is 0 Å². The maximum atomic E-state index is 12.6. The van der Waals surface area contributed by atoms with E-state index in [1.807, 2.05) is 52.4 Å². The van der Waals surface area contributed by atoms with Crippen molar-refractivity contribution in [3.05, 3.63) is 30.5 Å². The Hall–Kier alpha value is -2.57. The van der Waals surface area contributed by atoms with Crippen LogP contribution in [0.1, 0.15) is 53.3 Å². The molecule has 1 amide bonds. The van der Waals surface area contributed by atoms with Gasteiger partial charge >= 0.3 is 6.09 Å². The Bertz CT molecular complexity index is 935. The van der Waals surface area contributed by atoms with Gasteiger partial charge in [0.25, 0.3) is 0 Å². The molecule has 3 aromatic heterocycles. The summed E-state index contributed by atoms with van der Waals surface area (Å²) in [5, 5.41) is 0. The molecule has 0 saturated heterocycles. The third kappa shape index (κ3) is 3.91. The van der Waals surface area contributed by atoms with E-state index < -0.39 is 5.60 Å². The molecule has 146 valence electrons. The van der Waals surface area contributed by atoms with Crippen molar-refractivity contribution >= 4 is 22.8 Å². The molecule has 27 heavy (non-hydrogen) atoms. The molecular formula is C20H29N5O2. The number of nitrogens with zero attached hydrogens (tertiary/aromatic N) is 4. The van der Waals surface area contributed by atoms with Crippen LogP contribution in [0.25, 0.3) is 16.7 Å². The molecule has 3 heterocycles. The first kappa shape index (κ1) is 19.2. The van der Waals surface area contributed by atoms with Crippen LogP contribution in [0, 0.1) is 5.92 Å². The van der Waals surface area contributed by atoms with Gasteiger partial charge in [0.2, 0.25) is 0 Å². The summed E-state index contributed by atoms with van der Waals surface area (Å²) in [5.41, 5.74) is 2.25. The van der Waals surface area contributed by atoms with Gasteiger partial charge in [0.15, 0.2) is 5.65 Å². The van der Waals surface area contributed by atoms with Crippen LogP contribution in [0.4, 0.5) is 4.79 Å². The van der Waals surface area contributed by atoms with Crippen LogP contribution in [0.5, 0.6) is 0 Å². The topological polar surface area (TPSA) is 75.5 Å². The standard InChI is InChI=1S/C20H29N5O2/c1-7-24(19(26)27-20(4,5)6)12-15(13(2)3)18-23-11-14-10-22-17-16(25(14)18)8-9-21-17/h8-11,13,15,21H,7,12H2,1-6H3/t15-/m0/s1. The predicted octanol–water partition coefficient (Wildman–Crippen LogP) is 4.21. The summed E-state index contributed by atoms with van der Waals surface area (Å²) in [6.07, 6.45) is 5.25. The van der Waals surface area contributed by atoms with Crippen molar-refractivity contribution < 1.29 is 9.53 Å². The van der Waals surface area contributed by atoms with Crippen LogP contribution in [0.15, 0.2) is 24.7 Å². The minimum atomic E-state index is -0.513. The zero-order valence-electron chi connectivity index (χ0n) is 17.0. The number of imidazole rings is 1. The highest BCUT2D eigenvalue weighted by molar-refractivity contribution is 5.75. The molecule has 0 unspecified atom stereocenters. The van der Waals surface area contributed by atoms with Gasteiger partial charge in [0, 0.05) is 25.2 Å². The number of hydrogen-bond donors (Lipinski definition) is 1. The monoisotopic (exact) mass is 371 g/mol. The average molecular weight is 371 g/mol. The molecule has 0 aliphatic carbocycles. The fourth-order valence-electron chi connectivity index (χ4n) is 3.25. The van der Waals surface area contributed by atoms with E-state index in [0.717, 1.165) is 22.5 Å². The SMILES string of the molecule is CCN(C[C@H](c1ncc2cnc3[nH]ccc3n12)C(C)C)C(=O)OC(C)(C)C. The molecule has 7 nitrogen and oxygen atoms in total. The lowest BCUT2D eigenvalue weighted by atomic mass is 9.94. The summed E-state index contributed by atoms with van der Waals surface area (Å²) in [4.78, 5) is 26.6. The van der Waals surface area contributed by atoms with E-state index in [1.54, 1.807) is 4.90 Å². The number of nitrogens with one attached hydrogen (secondary N) is 1. The van der Waals surface area contributed by atoms with Gasteiger partial charge in [0.05, 0.1) is 23.4 Å². The first-order valence-electron chi connectivity index (χ1n) is 9.48. The summed E-state index contributed by atoms with van der Waals surface area (Å²) in [6.45, 7) is 13.1. The molecule has 3 aromatic rings. The Morgan fingerprint density at radius 1 is 1.30 bits per heavy atom. The smallest absolute Gasteiger partial charge is 0.410 e. The van der Waals surface area contributed by atoms with Gasteiger partial charge in [-0.25, -0.2) is 14.8 Å². The van der Waals surface area contributed by atoms with Crippen LogP contribution in [-0.4, -0.2) is 49.0 Å². The van der Waals surface area contributed by atoms with Gasteiger partial charge in [-0.1, -0.05) is 13.8 Å². The second-order valence-electron chi connectivity index (χ2n) is 8.22. The second-order valence-corrected chi connectivity index (χ2v) is 8.22. The Labute approximate surface area is 159 Å². The highest BCUT2D eigenvalue weighted by atomic mass is 16.6. The van der Waals surface area contributed by atoms with E-state index in [2.05, 4.69) is 28.2 Å². The maximum absolute atomic E-state index is 12.6. The van der Waals surface area contributed by atoms with Gasteiger partial charge in [-0.2, -0.15) is 0 Å². The number of aromatic nitrogens is 4. The minimum absolute atomic E-state index is 0.0699. The molecule has 0 bridgehead atoms. The van der Waals surface area contributed by atoms with Crippen molar-refractivity contribution in [2.45, 2.75) is 53.1 Å². The lowest BCUT2D eigenvalue weighted by molar-refractivity contribution is 0.0239. The van der Waals surface area contributed by atoms with E-state index in [4.69, 9.17) is 9.72 Å². The Morgan fingerprint density at radius 3 is 2.63 bits per heavy atom. The Kier molecular flexibility index (Phi) is 5.13. The van der Waals surface area contributed by atoms with Crippen molar-refractivity contribution in [3.8, 4) is 0 Å². The zero-order chi connectivity index (χ0) is 19.8. The zero-order valence-corrected chi connectivity index (χ0v) is 17.0. The number of fused-ring (bicyclic) bond motifs is 3. The fourth-order valence-corrected chi connectivity index (χ4v) is 3.25. The van der Waals surface area contributed by atoms with Crippen LogP contribution in [0.2, 0.25) is 0 Å². The quantitative estimate of drug-likeness (QED) is 0.729. The first-order valence-corrected chi connectivity index (χ1v) is 9.48. The maximum Gasteiger partial charge on any atom is 0.410 e. The number of likely N-dealkylation sites (N-methyl/N-ethyl adjacent to an activating group) is 1. The Morgan fingerprint density at radius 2 is 2.00 bits per heavy atom. The number of amides is 1. The summed E-state index contributed by atoms with van der Waals surface area (Å²) >= 11 is 0. The fraction of sp³-hybridized carbons (Fsp3) is 0.550. The van der Waals surface area contributed by atoms with E-state index in [0.29, 0.717) is 19.0 Å².